The lowest BCUT2D eigenvalue weighted by Crippen LogP contribution is -2.78. The number of benzene rings is 2. The number of piperidine rings is 1. The third kappa shape index (κ3) is 3.22. The summed E-state index contributed by atoms with van der Waals surface area (Å²) in [5.41, 5.74) is 2.52. The van der Waals surface area contributed by atoms with Crippen molar-refractivity contribution in [3.63, 3.8) is 0 Å². The van der Waals surface area contributed by atoms with Crippen molar-refractivity contribution in [1.29, 1.82) is 0 Å². The van der Waals surface area contributed by atoms with Gasteiger partial charge in [-0.05, 0) is 85.7 Å². The fraction of sp³-hybridized carbons (Fsp3) is 0.594. The Labute approximate surface area is 225 Å². The van der Waals surface area contributed by atoms with Gasteiger partial charge in [-0.25, -0.2) is 0 Å². The zero-order valence-corrected chi connectivity index (χ0v) is 23.0. The number of likely N-dealkylation sites (N-methyl/N-ethyl adjacent to an activating group) is 1. The van der Waals surface area contributed by atoms with Crippen LogP contribution in [0.3, 0.4) is 0 Å². The summed E-state index contributed by atoms with van der Waals surface area (Å²) in [6.45, 7) is 8.48. The van der Waals surface area contributed by atoms with Crippen molar-refractivity contribution in [3.8, 4) is 11.5 Å². The molecule has 6 nitrogen and oxygen atoms in total. The minimum Gasteiger partial charge on any atom is -0.504 e. The summed E-state index contributed by atoms with van der Waals surface area (Å²) in [6, 6.07) is 11.6. The van der Waals surface area contributed by atoms with Gasteiger partial charge in [0.05, 0.1) is 17.1 Å². The van der Waals surface area contributed by atoms with Gasteiger partial charge in [-0.2, -0.15) is 0 Å². The summed E-state index contributed by atoms with van der Waals surface area (Å²) in [4.78, 5) is 18.2. The Hall–Kier alpha value is -2.57. The SMILES string of the molecule is CN(C(=O)c1ccc(C(C)(C)C)cc1)[C@H]1CC[C@@]2(O)[C@H]3Cc4ccc(O)c5c4C2(CCN3CC2CC2)[C@H]1O5. The maximum absolute atomic E-state index is 13.8. The van der Waals surface area contributed by atoms with Crippen LogP contribution in [0.15, 0.2) is 36.4 Å². The van der Waals surface area contributed by atoms with Crippen LogP contribution in [-0.2, 0) is 17.3 Å². The number of phenolic OH excluding ortho intramolecular Hbond substituents is 1. The molecule has 7 rings (SSSR count). The van der Waals surface area contributed by atoms with E-state index in [-0.39, 0.29) is 29.2 Å². The van der Waals surface area contributed by atoms with Gasteiger partial charge in [-0.15, -0.1) is 0 Å². The largest absolute Gasteiger partial charge is 0.504 e. The number of aromatic hydroxyl groups is 1. The first-order valence-corrected chi connectivity index (χ1v) is 14.4. The summed E-state index contributed by atoms with van der Waals surface area (Å²) >= 11 is 0. The normalized spacial score (nSPS) is 33.4. The van der Waals surface area contributed by atoms with Crippen LogP contribution >= 0.6 is 0 Å². The van der Waals surface area contributed by atoms with E-state index in [1.807, 2.05) is 42.3 Å². The first-order chi connectivity index (χ1) is 18.0. The molecule has 1 amide bonds. The quantitative estimate of drug-likeness (QED) is 0.631. The molecule has 2 saturated carbocycles. The highest BCUT2D eigenvalue weighted by Gasteiger charge is 2.73. The molecule has 3 fully saturated rings. The van der Waals surface area contributed by atoms with Crippen LogP contribution in [0.5, 0.6) is 11.5 Å². The van der Waals surface area contributed by atoms with Crippen LogP contribution in [0.2, 0.25) is 0 Å². The number of ether oxygens (including phenoxy) is 1. The van der Waals surface area contributed by atoms with Crippen molar-refractivity contribution in [3.05, 3.63) is 58.7 Å². The molecule has 0 radical (unpaired) electrons. The number of aliphatic hydroxyl groups is 1. The Bertz CT molecular complexity index is 1300. The average Bonchev–Trinajstić information content (AvgIpc) is 3.63. The van der Waals surface area contributed by atoms with Gasteiger partial charge in [0.2, 0.25) is 0 Å². The lowest BCUT2D eigenvalue weighted by atomic mass is 9.48. The van der Waals surface area contributed by atoms with E-state index in [0.29, 0.717) is 24.2 Å². The minimum atomic E-state index is -0.939. The van der Waals surface area contributed by atoms with E-state index in [1.54, 1.807) is 6.07 Å². The fourth-order valence-corrected chi connectivity index (χ4v) is 8.32. The molecular weight excluding hydrogens is 476 g/mol. The topological polar surface area (TPSA) is 73.2 Å². The van der Waals surface area contributed by atoms with E-state index in [4.69, 9.17) is 4.74 Å². The number of nitrogens with zero attached hydrogens (tertiary/aromatic N) is 2. The van der Waals surface area contributed by atoms with Crippen LogP contribution in [0.1, 0.15) is 79.9 Å². The van der Waals surface area contributed by atoms with Crippen LogP contribution in [0, 0.1) is 5.92 Å². The Morgan fingerprint density at radius 1 is 1.11 bits per heavy atom. The molecule has 5 aliphatic rings. The van der Waals surface area contributed by atoms with Crippen LogP contribution < -0.4 is 4.74 Å². The molecule has 2 aliphatic heterocycles. The highest BCUT2D eigenvalue weighted by molar-refractivity contribution is 5.94. The van der Waals surface area contributed by atoms with Crippen molar-refractivity contribution in [2.45, 2.75) is 93.9 Å². The summed E-state index contributed by atoms with van der Waals surface area (Å²) in [5, 5.41) is 23.5. The second kappa shape index (κ2) is 7.98. The molecule has 2 N–H and O–H groups in total. The first kappa shape index (κ1) is 24.5. The van der Waals surface area contributed by atoms with Gasteiger partial charge in [0.15, 0.2) is 11.5 Å². The van der Waals surface area contributed by atoms with Crippen molar-refractivity contribution in [1.82, 2.24) is 9.80 Å². The fourth-order valence-electron chi connectivity index (χ4n) is 8.32. The van der Waals surface area contributed by atoms with E-state index in [0.717, 1.165) is 37.4 Å². The summed E-state index contributed by atoms with van der Waals surface area (Å²) in [7, 11) is 1.88. The maximum Gasteiger partial charge on any atom is 0.253 e. The molecule has 3 aliphatic carbocycles. The summed E-state index contributed by atoms with van der Waals surface area (Å²) < 4.78 is 6.66. The number of carbonyl (C=O) groups is 1. The smallest absolute Gasteiger partial charge is 0.253 e. The van der Waals surface area contributed by atoms with E-state index in [1.165, 1.54) is 24.0 Å². The second-order valence-electron chi connectivity index (χ2n) is 13.6. The van der Waals surface area contributed by atoms with Gasteiger partial charge < -0.3 is 19.8 Å². The number of hydrogen-bond donors (Lipinski definition) is 2. The standard InChI is InChI=1S/C32H40N2O4/c1-30(2,3)22-10-7-20(8-11-22)29(36)33(4)23-13-14-32(37)25-17-21-9-12-24(35)27-26(21)31(32,28(23)38-27)15-16-34(25)18-19-5-6-19/h7-12,19,23,25,28,35,37H,5-6,13-18H2,1-4H3/t23-,25+,28-,31?,32+/m0/s1. The number of amides is 1. The number of phenols is 1. The van der Waals surface area contributed by atoms with Gasteiger partial charge in [0, 0.05) is 30.8 Å². The van der Waals surface area contributed by atoms with Crippen LogP contribution in [0.4, 0.5) is 0 Å². The van der Waals surface area contributed by atoms with E-state index < -0.39 is 17.1 Å². The molecule has 1 saturated heterocycles. The molecule has 2 aromatic carbocycles. The molecule has 38 heavy (non-hydrogen) atoms. The Morgan fingerprint density at radius 2 is 1.84 bits per heavy atom. The third-order valence-electron chi connectivity index (χ3n) is 10.5. The number of rotatable bonds is 4. The van der Waals surface area contributed by atoms with Gasteiger partial charge in [0.25, 0.3) is 5.91 Å². The summed E-state index contributed by atoms with van der Waals surface area (Å²) in [6.07, 6.45) is 5.04. The predicted molar refractivity (Wildman–Crippen MR) is 146 cm³/mol. The highest BCUT2D eigenvalue weighted by Crippen LogP contribution is 2.66. The lowest BCUT2D eigenvalue weighted by molar-refractivity contribution is -0.197. The highest BCUT2D eigenvalue weighted by atomic mass is 16.5. The van der Waals surface area contributed by atoms with E-state index >= 15 is 0 Å². The van der Waals surface area contributed by atoms with Gasteiger partial charge in [0.1, 0.15) is 6.10 Å². The molecule has 202 valence electrons. The molecule has 6 heteroatoms. The number of likely N-dealkylation sites (tertiary alicyclic amines) is 1. The molecule has 2 bridgehead atoms. The zero-order chi connectivity index (χ0) is 26.6. The Morgan fingerprint density at radius 3 is 2.53 bits per heavy atom. The monoisotopic (exact) mass is 516 g/mol. The van der Waals surface area contributed by atoms with Gasteiger partial charge >= 0.3 is 0 Å². The average molecular weight is 517 g/mol. The molecular formula is C32H40N2O4. The van der Waals surface area contributed by atoms with E-state index in [9.17, 15) is 15.0 Å². The zero-order valence-electron chi connectivity index (χ0n) is 23.0. The van der Waals surface area contributed by atoms with Crippen molar-refractivity contribution in [2.24, 2.45) is 5.92 Å². The van der Waals surface area contributed by atoms with Gasteiger partial charge in [-0.1, -0.05) is 39.0 Å². The number of hydrogen-bond acceptors (Lipinski definition) is 5. The molecule has 2 heterocycles. The maximum atomic E-state index is 13.8. The predicted octanol–water partition coefficient (Wildman–Crippen LogP) is 4.39. The van der Waals surface area contributed by atoms with E-state index in [2.05, 4.69) is 25.7 Å². The molecule has 1 spiro atoms. The molecule has 2 aromatic rings. The third-order valence-corrected chi connectivity index (χ3v) is 10.5. The van der Waals surface area contributed by atoms with Crippen molar-refractivity contribution in [2.75, 3.05) is 20.1 Å². The van der Waals surface area contributed by atoms with Crippen LogP contribution in [-0.4, -0.2) is 69.8 Å². The minimum absolute atomic E-state index is 0.0233. The van der Waals surface area contributed by atoms with Crippen molar-refractivity contribution < 1.29 is 19.7 Å². The first-order valence-electron chi connectivity index (χ1n) is 14.4. The van der Waals surface area contributed by atoms with Crippen molar-refractivity contribution >= 4 is 5.91 Å². The van der Waals surface area contributed by atoms with Gasteiger partial charge in [-0.3, -0.25) is 9.69 Å². The summed E-state index contributed by atoms with van der Waals surface area (Å²) in [5.74, 6) is 1.39. The number of carbonyl (C=O) groups excluding carboxylic acids is 1. The molecule has 0 aromatic heterocycles. The molecule has 5 atom stereocenters. The van der Waals surface area contributed by atoms with Crippen LogP contribution in [0.25, 0.3) is 0 Å². The lowest BCUT2D eigenvalue weighted by Gasteiger charge is -2.64. The Kier molecular flexibility index (Phi) is 5.14. The Balaban J connectivity index is 1.26. The molecule has 1 unspecified atom stereocenters. The second-order valence-corrected chi connectivity index (χ2v) is 13.6.